The fourth-order valence-corrected chi connectivity index (χ4v) is 0.895. The standard InChI is InChI=1S/C7H14F2O/c1-5(2)4-6(3)10-7(8)9/h5-7H,4H2,1-3H3/t6-/m0/s1. The lowest BCUT2D eigenvalue weighted by Crippen LogP contribution is -2.14. The Hall–Kier alpha value is -0.180. The van der Waals surface area contributed by atoms with Crippen LogP contribution in [0.4, 0.5) is 8.78 Å². The molecule has 3 heteroatoms. The molecule has 0 aromatic rings. The Kier molecular flexibility index (Phi) is 4.52. The van der Waals surface area contributed by atoms with Crippen LogP contribution in [0.1, 0.15) is 27.2 Å². The SMILES string of the molecule is CC(C)C[C@H](C)OC(F)F. The predicted octanol–water partition coefficient (Wildman–Crippen LogP) is 2.66. The Balaban J connectivity index is 3.34. The van der Waals surface area contributed by atoms with E-state index in [1.54, 1.807) is 6.92 Å². The molecule has 0 amide bonds. The van der Waals surface area contributed by atoms with E-state index in [4.69, 9.17) is 0 Å². The zero-order valence-electron chi connectivity index (χ0n) is 6.60. The van der Waals surface area contributed by atoms with Crippen LogP contribution in [0.3, 0.4) is 0 Å². The molecule has 0 aromatic heterocycles. The first-order valence-electron chi connectivity index (χ1n) is 3.46. The van der Waals surface area contributed by atoms with Crippen molar-refractivity contribution in [2.24, 2.45) is 5.92 Å². The van der Waals surface area contributed by atoms with Gasteiger partial charge in [-0.05, 0) is 19.3 Å². The van der Waals surface area contributed by atoms with E-state index in [2.05, 4.69) is 4.74 Å². The van der Waals surface area contributed by atoms with Gasteiger partial charge in [0.2, 0.25) is 0 Å². The summed E-state index contributed by atoms with van der Waals surface area (Å²) in [6.45, 7) is 2.98. The number of halogens is 2. The van der Waals surface area contributed by atoms with Crippen molar-refractivity contribution >= 4 is 0 Å². The highest BCUT2D eigenvalue weighted by Crippen LogP contribution is 2.10. The Labute approximate surface area is 60.4 Å². The summed E-state index contributed by atoms with van der Waals surface area (Å²) < 4.78 is 27.3. The molecule has 0 unspecified atom stereocenters. The van der Waals surface area contributed by atoms with Gasteiger partial charge in [-0.3, -0.25) is 0 Å². The first-order valence-corrected chi connectivity index (χ1v) is 3.46. The van der Waals surface area contributed by atoms with Gasteiger partial charge in [-0.2, -0.15) is 8.78 Å². The van der Waals surface area contributed by atoms with Crippen LogP contribution in [0.25, 0.3) is 0 Å². The minimum absolute atomic E-state index is 0.333. The molecule has 62 valence electrons. The van der Waals surface area contributed by atoms with Gasteiger partial charge in [-0.25, -0.2) is 0 Å². The van der Waals surface area contributed by atoms with Crippen LogP contribution < -0.4 is 0 Å². The van der Waals surface area contributed by atoms with Gasteiger partial charge in [0.1, 0.15) is 0 Å². The molecule has 1 atom stereocenters. The molecule has 0 aliphatic carbocycles. The van der Waals surface area contributed by atoms with Crippen LogP contribution in [-0.4, -0.2) is 12.7 Å². The highest BCUT2D eigenvalue weighted by atomic mass is 19.3. The highest BCUT2D eigenvalue weighted by Gasteiger charge is 2.10. The lowest BCUT2D eigenvalue weighted by molar-refractivity contribution is -0.161. The first-order chi connectivity index (χ1) is 4.52. The van der Waals surface area contributed by atoms with Gasteiger partial charge in [0, 0.05) is 0 Å². The average Bonchev–Trinajstić information content (AvgIpc) is 1.58. The summed E-state index contributed by atoms with van der Waals surface area (Å²) in [5.41, 5.74) is 0. The van der Waals surface area contributed by atoms with Crippen molar-refractivity contribution in [1.29, 1.82) is 0 Å². The summed E-state index contributed by atoms with van der Waals surface area (Å²) in [6.07, 6.45) is 0.352. The van der Waals surface area contributed by atoms with Gasteiger partial charge in [0.15, 0.2) is 0 Å². The zero-order valence-corrected chi connectivity index (χ0v) is 6.60. The van der Waals surface area contributed by atoms with Crippen LogP contribution in [-0.2, 0) is 4.74 Å². The van der Waals surface area contributed by atoms with Crippen molar-refractivity contribution in [2.45, 2.75) is 39.9 Å². The van der Waals surface area contributed by atoms with Crippen molar-refractivity contribution in [2.75, 3.05) is 0 Å². The molecular formula is C7H14F2O. The average molecular weight is 152 g/mol. The number of hydrogen-bond donors (Lipinski definition) is 0. The second kappa shape index (κ2) is 4.61. The van der Waals surface area contributed by atoms with Crippen molar-refractivity contribution in [1.82, 2.24) is 0 Å². The third-order valence-electron chi connectivity index (χ3n) is 1.14. The highest BCUT2D eigenvalue weighted by molar-refractivity contribution is 4.52. The van der Waals surface area contributed by atoms with Crippen LogP contribution >= 0.6 is 0 Å². The van der Waals surface area contributed by atoms with E-state index >= 15 is 0 Å². The van der Waals surface area contributed by atoms with Gasteiger partial charge in [-0.15, -0.1) is 0 Å². The van der Waals surface area contributed by atoms with Gasteiger partial charge >= 0.3 is 6.61 Å². The van der Waals surface area contributed by atoms with Crippen molar-refractivity contribution < 1.29 is 13.5 Å². The smallest absolute Gasteiger partial charge is 0.320 e. The molecule has 1 nitrogen and oxygen atoms in total. The molecule has 0 N–H and O–H groups in total. The summed E-state index contributed by atoms with van der Waals surface area (Å²) in [5, 5.41) is 0. The molecule has 0 bridgehead atoms. The molecule has 0 heterocycles. The lowest BCUT2D eigenvalue weighted by atomic mass is 10.1. The fraction of sp³-hybridized carbons (Fsp3) is 1.00. The third kappa shape index (κ3) is 5.95. The first kappa shape index (κ1) is 9.82. The van der Waals surface area contributed by atoms with E-state index in [1.807, 2.05) is 13.8 Å². The van der Waals surface area contributed by atoms with Crippen molar-refractivity contribution in [3.05, 3.63) is 0 Å². The Bertz CT molecular complexity index is 73.7. The molecule has 10 heavy (non-hydrogen) atoms. The number of rotatable bonds is 4. The van der Waals surface area contributed by atoms with Crippen LogP contribution in [0, 0.1) is 5.92 Å². The van der Waals surface area contributed by atoms with E-state index in [0.29, 0.717) is 12.3 Å². The molecule has 0 fully saturated rings. The molecule has 0 saturated heterocycles. The summed E-state index contributed by atoms with van der Waals surface area (Å²) in [5.74, 6) is 0.411. The topological polar surface area (TPSA) is 9.23 Å². The maximum absolute atomic E-state index is 11.5. The van der Waals surface area contributed by atoms with Gasteiger partial charge in [0.05, 0.1) is 6.10 Å². The third-order valence-corrected chi connectivity index (χ3v) is 1.14. The summed E-state index contributed by atoms with van der Waals surface area (Å²) in [4.78, 5) is 0. The summed E-state index contributed by atoms with van der Waals surface area (Å²) in [6, 6.07) is 0. The van der Waals surface area contributed by atoms with E-state index < -0.39 is 6.61 Å². The quantitative estimate of drug-likeness (QED) is 0.601. The predicted molar refractivity (Wildman–Crippen MR) is 36.0 cm³/mol. The van der Waals surface area contributed by atoms with Crippen LogP contribution in [0.2, 0.25) is 0 Å². The zero-order chi connectivity index (χ0) is 8.15. The number of hydrogen-bond acceptors (Lipinski definition) is 1. The summed E-state index contributed by atoms with van der Waals surface area (Å²) in [7, 11) is 0. The van der Waals surface area contributed by atoms with Crippen LogP contribution in [0.15, 0.2) is 0 Å². The monoisotopic (exact) mass is 152 g/mol. The minimum Gasteiger partial charge on any atom is -0.320 e. The van der Waals surface area contributed by atoms with Crippen molar-refractivity contribution in [3.63, 3.8) is 0 Å². The Morgan fingerprint density at radius 2 is 1.70 bits per heavy atom. The molecule has 0 aromatic carbocycles. The van der Waals surface area contributed by atoms with Gasteiger partial charge in [0.25, 0.3) is 0 Å². The van der Waals surface area contributed by atoms with Gasteiger partial charge < -0.3 is 4.74 Å². The van der Waals surface area contributed by atoms with E-state index in [9.17, 15) is 8.78 Å². The molecular weight excluding hydrogens is 138 g/mol. The van der Waals surface area contributed by atoms with Gasteiger partial charge in [-0.1, -0.05) is 13.8 Å². The molecule has 0 aliphatic rings. The Morgan fingerprint density at radius 1 is 1.20 bits per heavy atom. The number of alkyl halides is 2. The molecule has 0 spiro atoms. The second-order valence-electron chi connectivity index (χ2n) is 2.84. The maximum atomic E-state index is 11.5. The lowest BCUT2D eigenvalue weighted by Gasteiger charge is -2.13. The normalized spacial score (nSPS) is 14.7. The molecule has 0 rings (SSSR count). The second-order valence-corrected chi connectivity index (χ2v) is 2.84. The van der Waals surface area contributed by atoms with E-state index in [1.165, 1.54) is 0 Å². The molecule has 0 aliphatic heterocycles. The molecule has 0 saturated carbocycles. The minimum atomic E-state index is -2.63. The fourth-order valence-electron chi connectivity index (χ4n) is 0.895. The molecule has 0 radical (unpaired) electrons. The van der Waals surface area contributed by atoms with Crippen molar-refractivity contribution in [3.8, 4) is 0 Å². The summed E-state index contributed by atoms with van der Waals surface area (Å²) >= 11 is 0. The largest absolute Gasteiger partial charge is 0.345 e. The Morgan fingerprint density at radius 3 is 2.00 bits per heavy atom. The van der Waals surface area contributed by atoms with E-state index in [-0.39, 0.29) is 6.10 Å². The van der Waals surface area contributed by atoms with E-state index in [0.717, 1.165) is 0 Å². The number of ether oxygens (including phenoxy) is 1. The van der Waals surface area contributed by atoms with Crippen LogP contribution in [0.5, 0.6) is 0 Å². The maximum Gasteiger partial charge on any atom is 0.345 e.